The van der Waals surface area contributed by atoms with Gasteiger partial charge < -0.3 is 9.47 Å². The van der Waals surface area contributed by atoms with Crippen LogP contribution in [0, 0.1) is 0 Å². The lowest BCUT2D eigenvalue weighted by atomic mass is 9.87. The van der Waals surface area contributed by atoms with Crippen molar-refractivity contribution >= 4 is 10.9 Å². The second-order valence-electron chi connectivity index (χ2n) is 6.97. The van der Waals surface area contributed by atoms with Gasteiger partial charge in [-0.2, -0.15) is 0 Å². The summed E-state index contributed by atoms with van der Waals surface area (Å²) < 4.78 is 2.49. The molecule has 0 fully saturated rings. The molecule has 0 atom stereocenters. The van der Waals surface area contributed by atoms with Crippen molar-refractivity contribution in [2.24, 2.45) is 0 Å². The molecule has 0 unspecified atom stereocenters. The first-order chi connectivity index (χ1) is 9.32. The van der Waals surface area contributed by atoms with Crippen LogP contribution in [0.25, 0.3) is 10.9 Å². The lowest BCUT2D eigenvalue weighted by molar-refractivity contribution is 0.384. The van der Waals surface area contributed by atoms with E-state index in [-0.39, 0.29) is 5.41 Å². The summed E-state index contributed by atoms with van der Waals surface area (Å²) >= 11 is 0. The highest BCUT2D eigenvalue weighted by Gasteiger charge is 2.16. The van der Waals surface area contributed by atoms with Crippen LogP contribution in [0.4, 0.5) is 0 Å². The highest BCUT2D eigenvalue weighted by atomic mass is 15.1. The second-order valence-corrected chi connectivity index (χ2v) is 6.97. The number of likely N-dealkylation sites (N-methyl/N-ethyl adjacent to an activating group) is 1. The summed E-state index contributed by atoms with van der Waals surface area (Å²) in [5.41, 5.74) is 4.44. The quantitative estimate of drug-likeness (QED) is 0.815. The number of nitrogens with zero attached hydrogens (tertiary/aromatic N) is 2. The third-order valence-corrected chi connectivity index (χ3v) is 3.99. The molecule has 2 rings (SSSR count). The van der Waals surface area contributed by atoms with E-state index in [4.69, 9.17) is 0 Å². The standard InChI is InChI=1S/C18H28N2/c1-7-16-12-14-8-9-15(18(2,3)4)13-17(14)20(16)11-10-19(5)6/h8-9,12-13H,7,10-11H2,1-6H3. The molecule has 2 heteroatoms. The van der Waals surface area contributed by atoms with Crippen molar-refractivity contribution in [3.05, 3.63) is 35.5 Å². The monoisotopic (exact) mass is 272 g/mol. The van der Waals surface area contributed by atoms with Crippen LogP contribution in [-0.4, -0.2) is 30.1 Å². The van der Waals surface area contributed by atoms with E-state index in [1.165, 1.54) is 22.2 Å². The Morgan fingerprint density at radius 3 is 2.35 bits per heavy atom. The Balaban J connectivity index is 2.51. The molecule has 0 aliphatic carbocycles. The predicted octanol–water partition coefficient (Wildman–Crippen LogP) is 4.06. The molecular formula is C18H28N2. The summed E-state index contributed by atoms with van der Waals surface area (Å²) in [5.74, 6) is 0. The van der Waals surface area contributed by atoms with Crippen molar-refractivity contribution in [1.29, 1.82) is 0 Å². The predicted molar refractivity (Wildman–Crippen MR) is 88.6 cm³/mol. The Morgan fingerprint density at radius 2 is 1.80 bits per heavy atom. The van der Waals surface area contributed by atoms with Gasteiger partial charge in [-0.1, -0.05) is 39.8 Å². The summed E-state index contributed by atoms with van der Waals surface area (Å²) in [6.45, 7) is 11.2. The molecule has 110 valence electrons. The molecule has 0 bridgehead atoms. The second kappa shape index (κ2) is 5.61. The van der Waals surface area contributed by atoms with Crippen LogP contribution in [-0.2, 0) is 18.4 Å². The number of aromatic nitrogens is 1. The van der Waals surface area contributed by atoms with Crippen LogP contribution in [0.1, 0.15) is 39.0 Å². The molecule has 0 spiro atoms. The first kappa shape index (κ1) is 15.1. The molecule has 2 aromatic rings. The van der Waals surface area contributed by atoms with Crippen LogP contribution in [0.5, 0.6) is 0 Å². The van der Waals surface area contributed by atoms with Crippen molar-refractivity contribution in [3.8, 4) is 0 Å². The fourth-order valence-corrected chi connectivity index (χ4v) is 2.64. The molecule has 1 heterocycles. The first-order valence-electron chi connectivity index (χ1n) is 7.60. The van der Waals surface area contributed by atoms with Gasteiger partial charge in [-0.3, -0.25) is 0 Å². The zero-order valence-electron chi connectivity index (χ0n) is 13.8. The Hall–Kier alpha value is -1.28. The van der Waals surface area contributed by atoms with E-state index in [9.17, 15) is 0 Å². The van der Waals surface area contributed by atoms with Crippen LogP contribution in [0.2, 0.25) is 0 Å². The van der Waals surface area contributed by atoms with E-state index in [2.05, 4.69) is 75.5 Å². The maximum Gasteiger partial charge on any atom is 0.0485 e. The lowest BCUT2D eigenvalue weighted by Gasteiger charge is -2.20. The number of benzene rings is 1. The minimum Gasteiger partial charge on any atom is -0.343 e. The molecule has 0 amide bonds. The molecule has 1 aromatic carbocycles. The van der Waals surface area contributed by atoms with Gasteiger partial charge in [0.25, 0.3) is 0 Å². The van der Waals surface area contributed by atoms with Gasteiger partial charge in [-0.15, -0.1) is 0 Å². The minimum atomic E-state index is 0.206. The van der Waals surface area contributed by atoms with Gasteiger partial charge in [-0.05, 0) is 49.0 Å². The summed E-state index contributed by atoms with van der Waals surface area (Å²) in [7, 11) is 4.27. The van der Waals surface area contributed by atoms with Gasteiger partial charge in [0, 0.05) is 24.3 Å². The zero-order valence-corrected chi connectivity index (χ0v) is 13.8. The average Bonchev–Trinajstić information content (AvgIpc) is 2.71. The van der Waals surface area contributed by atoms with Gasteiger partial charge in [0.05, 0.1) is 0 Å². The lowest BCUT2D eigenvalue weighted by Crippen LogP contribution is -2.19. The Morgan fingerprint density at radius 1 is 1.10 bits per heavy atom. The summed E-state index contributed by atoms with van der Waals surface area (Å²) in [4.78, 5) is 2.25. The number of fused-ring (bicyclic) bond motifs is 1. The fraction of sp³-hybridized carbons (Fsp3) is 0.556. The Kier molecular flexibility index (Phi) is 4.24. The van der Waals surface area contributed by atoms with Crippen molar-refractivity contribution < 1.29 is 0 Å². The summed E-state index contributed by atoms with van der Waals surface area (Å²) in [6, 6.07) is 9.28. The SMILES string of the molecule is CCc1cc2ccc(C(C)(C)C)cc2n1CCN(C)C. The number of aryl methyl sites for hydroxylation is 1. The van der Waals surface area contributed by atoms with Crippen molar-refractivity contribution in [3.63, 3.8) is 0 Å². The molecule has 20 heavy (non-hydrogen) atoms. The van der Waals surface area contributed by atoms with Gasteiger partial charge in [0.15, 0.2) is 0 Å². The van der Waals surface area contributed by atoms with Crippen LogP contribution in [0.15, 0.2) is 24.3 Å². The first-order valence-corrected chi connectivity index (χ1v) is 7.60. The van der Waals surface area contributed by atoms with Gasteiger partial charge in [0.2, 0.25) is 0 Å². The average molecular weight is 272 g/mol. The molecular weight excluding hydrogens is 244 g/mol. The highest BCUT2D eigenvalue weighted by molar-refractivity contribution is 5.82. The van der Waals surface area contributed by atoms with E-state index < -0.39 is 0 Å². The molecule has 0 saturated heterocycles. The fourth-order valence-electron chi connectivity index (χ4n) is 2.64. The molecule has 0 aliphatic heterocycles. The number of hydrogen-bond donors (Lipinski definition) is 0. The molecule has 1 aromatic heterocycles. The molecule has 2 nitrogen and oxygen atoms in total. The molecule has 0 radical (unpaired) electrons. The normalized spacial score (nSPS) is 12.6. The van der Waals surface area contributed by atoms with Gasteiger partial charge in [0.1, 0.15) is 0 Å². The van der Waals surface area contributed by atoms with E-state index >= 15 is 0 Å². The maximum atomic E-state index is 2.49. The van der Waals surface area contributed by atoms with E-state index in [1.807, 2.05) is 0 Å². The third kappa shape index (κ3) is 3.06. The van der Waals surface area contributed by atoms with E-state index in [1.54, 1.807) is 0 Å². The Labute approximate surface area is 123 Å². The van der Waals surface area contributed by atoms with Crippen LogP contribution in [0.3, 0.4) is 0 Å². The van der Waals surface area contributed by atoms with Gasteiger partial charge in [-0.25, -0.2) is 0 Å². The largest absolute Gasteiger partial charge is 0.343 e. The molecule has 0 N–H and O–H groups in total. The number of hydrogen-bond acceptors (Lipinski definition) is 1. The van der Waals surface area contributed by atoms with E-state index in [0.717, 1.165) is 19.5 Å². The van der Waals surface area contributed by atoms with E-state index in [0.29, 0.717) is 0 Å². The zero-order chi connectivity index (χ0) is 14.9. The van der Waals surface area contributed by atoms with Crippen molar-refractivity contribution in [2.75, 3.05) is 20.6 Å². The van der Waals surface area contributed by atoms with Crippen molar-refractivity contribution in [1.82, 2.24) is 9.47 Å². The molecule has 0 aliphatic rings. The maximum absolute atomic E-state index is 2.49. The third-order valence-electron chi connectivity index (χ3n) is 3.99. The van der Waals surface area contributed by atoms with Crippen LogP contribution >= 0.6 is 0 Å². The smallest absolute Gasteiger partial charge is 0.0485 e. The minimum absolute atomic E-state index is 0.206. The van der Waals surface area contributed by atoms with Gasteiger partial charge >= 0.3 is 0 Å². The summed E-state index contributed by atoms with van der Waals surface area (Å²) in [6.07, 6.45) is 1.09. The highest BCUT2D eigenvalue weighted by Crippen LogP contribution is 2.28. The van der Waals surface area contributed by atoms with Crippen LogP contribution < -0.4 is 0 Å². The summed E-state index contributed by atoms with van der Waals surface area (Å²) in [5, 5.41) is 1.37. The number of rotatable bonds is 4. The topological polar surface area (TPSA) is 8.17 Å². The molecule has 0 saturated carbocycles. The van der Waals surface area contributed by atoms with Crippen molar-refractivity contribution in [2.45, 2.75) is 46.1 Å². The Bertz CT molecular complexity index is 585.